The Kier molecular flexibility index (Phi) is 5.66. The first kappa shape index (κ1) is 16.9. The van der Waals surface area contributed by atoms with Crippen LogP contribution in [0, 0.1) is 0 Å². The molecule has 114 valence electrons. The van der Waals surface area contributed by atoms with Gasteiger partial charge in [-0.25, -0.2) is 0 Å². The summed E-state index contributed by atoms with van der Waals surface area (Å²) in [4.78, 5) is 34.0. The third-order valence-electron chi connectivity index (χ3n) is 2.55. The van der Waals surface area contributed by atoms with E-state index >= 15 is 0 Å². The van der Waals surface area contributed by atoms with Gasteiger partial charge in [-0.15, -0.1) is 0 Å². The van der Waals surface area contributed by atoms with E-state index in [0.717, 1.165) is 32.8 Å². The third kappa shape index (κ3) is 4.71. The lowest BCUT2D eigenvalue weighted by atomic mass is 10.2. The predicted molar refractivity (Wildman–Crippen MR) is 76.5 cm³/mol. The first-order valence-corrected chi connectivity index (χ1v) is 8.19. The van der Waals surface area contributed by atoms with Crippen molar-refractivity contribution < 1.29 is 27.7 Å². The smallest absolute Gasteiger partial charge is 0.452 e. The first-order valence-electron chi connectivity index (χ1n) is 6.47. The van der Waals surface area contributed by atoms with Crippen molar-refractivity contribution in [1.82, 2.24) is 0 Å². The second-order valence-electron chi connectivity index (χ2n) is 4.39. The Hall–Kier alpha value is -2.15. The molecule has 1 rings (SSSR count). The zero-order valence-corrected chi connectivity index (χ0v) is 13.5. The van der Waals surface area contributed by atoms with Crippen LogP contribution in [0.2, 0.25) is 0 Å². The van der Waals surface area contributed by atoms with Gasteiger partial charge in [0.15, 0.2) is 0 Å². The molecule has 0 saturated heterocycles. The van der Waals surface area contributed by atoms with E-state index in [1.807, 2.05) is 6.92 Å². The lowest BCUT2D eigenvalue weighted by Gasteiger charge is -2.26. The molecule has 0 aliphatic rings. The molecule has 0 amide bonds. The molecule has 0 fully saturated rings. The summed E-state index contributed by atoms with van der Waals surface area (Å²) in [7, 11) is -3.95. The Labute approximate surface area is 124 Å². The van der Waals surface area contributed by atoms with Crippen molar-refractivity contribution in [3.05, 3.63) is 29.8 Å². The van der Waals surface area contributed by atoms with Crippen LogP contribution in [0.3, 0.4) is 0 Å². The van der Waals surface area contributed by atoms with Crippen molar-refractivity contribution in [3.63, 3.8) is 0 Å². The van der Waals surface area contributed by atoms with Crippen LogP contribution in [0.25, 0.3) is 0 Å². The molecular formula is C14H18O6Si. The zero-order chi connectivity index (χ0) is 16.0. The summed E-state index contributed by atoms with van der Waals surface area (Å²) < 4.78 is 15.4. The lowest BCUT2D eigenvalue weighted by molar-refractivity contribution is -0.146. The summed E-state index contributed by atoms with van der Waals surface area (Å²) in [5.74, 6) is -2.07. The second kappa shape index (κ2) is 7.03. The summed E-state index contributed by atoms with van der Waals surface area (Å²) in [6, 6.07) is 6.88. The monoisotopic (exact) mass is 310 g/mol. The van der Waals surface area contributed by atoms with Gasteiger partial charge in [-0.05, 0) is 12.0 Å². The average Bonchev–Trinajstić information content (AvgIpc) is 2.36. The highest BCUT2D eigenvalue weighted by atomic mass is 28.4. The van der Waals surface area contributed by atoms with Crippen molar-refractivity contribution >= 4 is 31.9 Å². The molecule has 0 radical (unpaired) electrons. The zero-order valence-electron chi connectivity index (χ0n) is 12.5. The molecule has 0 aromatic heterocycles. The molecule has 0 spiro atoms. The van der Waals surface area contributed by atoms with Crippen LogP contribution in [-0.4, -0.2) is 26.7 Å². The molecule has 0 bridgehead atoms. The Balaban J connectivity index is 3.32. The van der Waals surface area contributed by atoms with Crippen molar-refractivity contribution in [2.75, 3.05) is 0 Å². The highest BCUT2D eigenvalue weighted by molar-refractivity contribution is 6.79. The maximum atomic E-state index is 11.3. The molecule has 1 aromatic rings. The maximum Gasteiger partial charge on any atom is 0.742 e. The van der Waals surface area contributed by atoms with Crippen molar-refractivity contribution in [3.8, 4) is 0 Å². The van der Waals surface area contributed by atoms with Crippen LogP contribution in [-0.2, 0) is 34.1 Å². The van der Waals surface area contributed by atoms with E-state index in [1.165, 1.54) is 0 Å². The normalized spacial score (nSPS) is 10.7. The van der Waals surface area contributed by atoms with Crippen molar-refractivity contribution in [2.45, 2.75) is 34.1 Å². The quantitative estimate of drug-likeness (QED) is 0.757. The minimum Gasteiger partial charge on any atom is -0.452 e. The Morgan fingerprint density at radius 3 is 1.52 bits per heavy atom. The van der Waals surface area contributed by atoms with Gasteiger partial charge in [0.1, 0.15) is 0 Å². The summed E-state index contributed by atoms with van der Waals surface area (Å²) in [6.07, 6.45) is 0.823. The minimum atomic E-state index is -3.95. The van der Waals surface area contributed by atoms with Gasteiger partial charge in [-0.3, -0.25) is 14.4 Å². The van der Waals surface area contributed by atoms with Crippen LogP contribution >= 0.6 is 0 Å². The van der Waals surface area contributed by atoms with Gasteiger partial charge in [0.25, 0.3) is 17.9 Å². The molecule has 0 N–H and O–H groups in total. The molecule has 0 atom stereocenters. The number of aryl methyl sites for hydroxylation is 1. The highest BCUT2D eigenvalue weighted by Crippen LogP contribution is 2.13. The molecular weight excluding hydrogens is 292 g/mol. The van der Waals surface area contributed by atoms with E-state index in [9.17, 15) is 14.4 Å². The molecule has 0 heterocycles. The van der Waals surface area contributed by atoms with E-state index in [2.05, 4.69) is 0 Å². The summed E-state index contributed by atoms with van der Waals surface area (Å²) in [5.41, 5.74) is 1.05. The Bertz CT molecular complexity index is 496. The largest absolute Gasteiger partial charge is 0.742 e. The van der Waals surface area contributed by atoms with Crippen LogP contribution in [0.5, 0.6) is 0 Å². The summed E-state index contributed by atoms with van der Waals surface area (Å²) >= 11 is 0. The van der Waals surface area contributed by atoms with Gasteiger partial charge in [-0.2, -0.15) is 0 Å². The van der Waals surface area contributed by atoms with E-state index in [0.29, 0.717) is 5.19 Å². The van der Waals surface area contributed by atoms with Gasteiger partial charge < -0.3 is 13.3 Å². The van der Waals surface area contributed by atoms with E-state index in [1.54, 1.807) is 24.3 Å². The number of benzene rings is 1. The van der Waals surface area contributed by atoms with Crippen LogP contribution < -0.4 is 5.19 Å². The molecule has 0 saturated carbocycles. The van der Waals surface area contributed by atoms with Crippen LogP contribution in [0.15, 0.2) is 24.3 Å². The van der Waals surface area contributed by atoms with Gasteiger partial charge >= 0.3 is 8.80 Å². The SMILES string of the molecule is CCc1ccc([Si](OC(C)=O)(OC(C)=O)OC(C)=O)cc1. The van der Waals surface area contributed by atoms with Crippen LogP contribution in [0.4, 0.5) is 0 Å². The molecule has 7 heteroatoms. The van der Waals surface area contributed by atoms with Gasteiger partial charge in [0.2, 0.25) is 0 Å². The van der Waals surface area contributed by atoms with Gasteiger partial charge in [0.05, 0.1) is 5.19 Å². The van der Waals surface area contributed by atoms with Gasteiger partial charge in [-0.1, -0.05) is 31.2 Å². The minimum absolute atomic E-state index is 0.375. The molecule has 0 unspecified atom stereocenters. The average molecular weight is 310 g/mol. The Morgan fingerprint density at radius 2 is 1.24 bits per heavy atom. The van der Waals surface area contributed by atoms with E-state index in [4.69, 9.17) is 13.3 Å². The number of carbonyl (C=O) groups is 3. The fourth-order valence-electron chi connectivity index (χ4n) is 1.75. The summed E-state index contributed by atoms with van der Waals surface area (Å²) in [6.45, 7) is 5.48. The van der Waals surface area contributed by atoms with Crippen LogP contribution in [0.1, 0.15) is 33.3 Å². The summed E-state index contributed by atoms with van der Waals surface area (Å²) in [5, 5.41) is 0.375. The number of hydrogen-bond acceptors (Lipinski definition) is 6. The standard InChI is InChI=1S/C14H18O6Si/c1-5-13-6-8-14(9-7-13)21(18-10(2)15,19-11(3)16)20-12(4)17/h6-9H,5H2,1-4H3. The Morgan fingerprint density at radius 1 is 0.857 bits per heavy atom. The first-order chi connectivity index (χ1) is 9.79. The highest BCUT2D eigenvalue weighted by Gasteiger charge is 2.54. The molecule has 1 aromatic carbocycles. The lowest BCUT2D eigenvalue weighted by Crippen LogP contribution is -2.59. The second-order valence-corrected chi connectivity index (χ2v) is 6.69. The van der Waals surface area contributed by atoms with Crippen molar-refractivity contribution in [1.29, 1.82) is 0 Å². The maximum absolute atomic E-state index is 11.3. The fourth-order valence-corrected chi connectivity index (χ4v) is 3.94. The number of rotatable bonds is 5. The topological polar surface area (TPSA) is 78.9 Å². The van der Waals surface area contributed by atoms with Crippen molar-refractivity contribution in [2.24, 2.45) is 0 Å². The number of carbonyl (C=O) groups excluding carboxylic acids is 3. The third-order valence-corrected chi connectivity index (χ3v) is 5.26. The molecule has 6 nitrogen and oxygen atoms in total. The number of hydrogen-bond donors (Lipinski definition) is 0. The van der Waals surface area contributed by atoms with E-state index in [-0.39, 0.29) is 0 Å². The predicted octanol–water partition coefficient (Wildman–Crippen LogP) is 1.08. The molecule has 0 aliphatic carbocycles. The molecule has 0 aliphatic heterocycles. The molecule has 21 heavy (non-hydrogen) atoms. The fraction of sp³-hybridized carbons (Fsp3) is 0.357. The van der Waals surface area contributed by atoms with Gasteiger partial charge in [0, 0.05) is 20.8 Å². The van der Waals surface area contributed by atoms with E-state index < -0.39 is 26.7 Å².